The minimum Gasteiger partial charge on any atom is -0.497 e. The van der Waals surface area contributed by atoms with Gasteiger partial charge in [-0.1, -0.05) is 48.5 Å². The number of aryl methyl sites for hydroxylation is 1. The Hall–Kier alpha value is -4.34. The van der Waals surface area contributed by atoms with Crippen molar-refractivity contribution in [1.82, 2.24) is 14.1 Å². The molecule has 0 amide bonds. The van der Waals surface area contributed by atoms with Gasteiger partial charge in [0.05, 0.1) is 19.2 Å². The monoisotopic (exact) mass is 496 g/mol. The summed E-state index contributed by atoms with van der Waals surface area (Å²) in [5.74, 6) is 0.544. The second-order valence-corrected chi connectivity index (χ2v) is 8.03. The molecule has 1 aromatic heterocycles. The van der Waals surface area contributed by atoms with Crippen molar-refractivity contribution in [3.63, 3.8) is 0 Å². The van der Waals surface area contributed by atoms with Gasteiger partial charge in [-0.2, -0.15) is 18.2 Å². The lowest BCUT2D eigenvalue weighted by Gasteiger charge is -2.16. The van der Waals surface area contributed by atoms with Gasteiger partial charge in [0, 0.05) is 12.2 Å². The van der Waals surface area contributed by atoms with Gasteiger partial charge in [-0.3, -0.25) is 4.57 Å². The molecular formula is C26H23F3N4O3. The van der Waals surface area contributed by atoms with Crippen LogP contribution in [0.25, 0.3) is 0 Å². The normalized spacial score (nSPS) is 11.3. The van der Waals surface area contributed by atoms with E-state index in [-0.39, 0.29) is 24.7 Å². The van der Waals surface area contributed by atoms with E-state index in [1.807, 2.05) is 18.2 Å². The van der Waals surface area contributed by atoms with Crippen LogP contribution < -0.4 is 21.4 Å². The SMILES string of the molecule is COc1ccc(CCn2c(Nc3cccc(C(F)(F)F)c3)nc(=O)n(Cc3ccccc3)c2=O)cc1. The summed E-state index contributed by atoms with van der Waals surface area (Å²) in [5.41, 5.74) is -0.611. The van der Waals surface area contributed by atoms with E-state index >= 15 is 0 Å². The number of hydrogen-bond donors (Lipinski definition) is 1. The highest BCUT2D eigenvalue weighted by atomic mass is 19.4. The van der Waals surface area contributed by atoms with Crippen LogP contribution in [0.15, 0.2) is 88.5 Å². The number of aromatic nitrogens is 3. The van der Waals surface area contributed by atoms with Crippen molar-refractivity contribution in [3.8, 4) is 5.75 Å². The number of methoxy groups -OCH3 is 1. The first-order valence-corrected chi connectivity index (χ1v) is 11.1. The molecule has 0 bridgehead atoms. The zero-order valence-corrected chi connectivity index (χ0v) is 19.3. The minimum atomic E-state index is -4.54. The molecule has 0 atom stereocenters. The third-order valence-electron chi connectivity index (χ3n) is 5.56. The molecule has 3 aromatic carbocycles. The average molecular weight is 496 g/mol. The molecule has 0 saturated heterocycles. The fraction of sp³-hybridized carbons (Fsp3) is 0.192. The predicted molar refractivity (Wildman–Crippen MR) is 130 cm³/mol. The van der Waals surface area contributed by atoms with Gasteiger partial charge in [0.25, 0.3) is 0 Å². The second kappa shape index (κ2) is 10.5. The van der Waals surface area contributed by atoms with E-state index in [1.165, 1.54) is 16.7 Å². The number of ether oxygens (including phenoxy) is 1. The van der Waals surface area contributed by atoms with Gasteiger partial charge in [-0.15, -0.1) is 0 Å². The molecular weight excluding hydrogens is 473 g/mol. The molecule has 4 rings (SSSR count). The predicted octanol–water partition coefficient (Wildman–Crippen LogP) is 4.47. The third-order valence-corrected chi connectivity index (χ3v) is 5.56. The zero-order valence-electron chi connectivity index (χ0n) is 19.3. The molecule has 0 aliphatic carbocycles. The van der Waals surface area contributed by atoms with E-state index in [1.54, 1.807) is 43.5 Å². The Bertz CT molecular complexity index is 1450. The van der Waals surface area contributed by atoms with Gasteiger partial charge in [-0.25, -0.2) is 14.2 Å². The molecule has 4 aromatic rings. The first kappa shape index (κ1) is 24.8. The smallest absolute Gasteiger partial charge is 0.416 e. The molecule has 186 valence electrons. The molecule has 0 aliphatic rings. The van der Waals surface area contributed by atoms with Gasteiger partial charge in [-0.05, 0) is 47.9 Å². The molecule has 1 N–H and O–H groups in total. The van der Waals surface area contributed by atoms with Gasteiger partial charge >= 0.3 is 17.6 Å². The molecule has 10 heteroatoms. The number of alkyl halides is 3. The highest BCUT2D eigenvalue weighted by Gasteiger charge is 2.30. The van der Waals surface area contributed by atoms with Crippen molar-refractivity contribution < 1.29 is 17.9 Å². The highest BCUT2D eigenvalue weighted by molar-refractivity contribution is 5.55. The first-order chi connectivity index (χ1) is 17.2. The number of benzene rings is 3. The van der Waals surface area contributed by atoms with Crippen molar-refractivity contribution >= 4 is 11.6 Å². The van der Waals surface area contributed by atoms with Gasteiger partial charge < -0.3 is 10.1 Å². The molecule has 7 nitrogen and oxygen atoms in total. The molecule has 0 unspecified atom stereocenters. The number of anilines is 2. The van der Waals surface area contributed by atoms with Gasteiger partial charge in [0.2, 0.25) is 5.95 Å². The van der Waals surface area contributed by atoms with Gasteiger partial charge in [0.15, 0.2) is 0 Å². The molecule has 0 radical (unpaired) electrons. The molecule has 1 heterocycles. The molecule has 36 heavy (non-hydrogen) atoms. The minimum absolute atomic E-state index is 0.0118. The Morgan fingerprint density at radius 1 is 0.889 bits per heavy atom. The Morgan fingerprint density at radius 2 is 1.61 bits per heavy atom. The lowest BCUT2D eigenvalue weighted by molar-refractivity contribution is -0.137. The van der Waals surface area contributed by atoms with Crippen molar-refractivity contribution in [2.75, 3.05) is 12.4 Å². The van der Waals surface area contributed by atoms with E-state index < -0.39 is 23.1 Å². The van der Waals surface area contributed by atoms with Crippen molar-refractivity contribution in [2.45, 2.75) is 25.7 Å². The fourth-order valence-electron chi connectivity index (χ4n) is 3.66. The summed E-state index contributed by atoms with van der Waals surface area (Å²) < 4.78 is 46.9. The molecule has 0 saturated carbocycles. The maximum absolute atomic E-state index is 13.4. The summed E-state index contributed by atoms with van der Waals surface area (Å²) in [5, 5.41) is 2.73. The van der Waals surface area contributed by atoms with Crippen molar-refractivity contribution in [1.29, 1.82) is 0 Å². The lowest BCUT2D eigenvalue weighted by atomic mass is 10.1. The Morgan fingerprint density at radius 3 is 2.28 bits per heavy atom. The summed E-state index contributed by atoms with van der Waals surface area (Å²) >= 11 is 0. The number of halogens is 3. The summed E-state index contributed by atoms with van der Waals surface area (Å²) in [6.07, 6.45) is -4.13. The highest BCUT2D eigenvalue weighted by Crippen LogP contribution is 2.31. The summed E-state index contributed by atoms with van der Waals surface area (Å²) in [6.45, 7) is 0.145. The first-order valence-electron chi connectivity index (χ1n) is 11.1. The van der Waals surface area contributed by atoms with Crippen LogP contribution in [-0.4, -0.2) is 21.2 Å². The van der Waals surface area contributed by atoms with E-state index in [4.69, 9.17) is 4.74 Å². The third kappa shape index (κ3) is 5.83. The maximum Gasteiger partial charge on any atom is 0.416 e. The Kier molecular flexibility index (Phi) is 7.23. The Balaban J connectivity index is 1.72. The molecule has 0 fully saturated rings. The van der Waals surface area contributed by atoms with Crippen molar-refractivity contribution in [3.05, 3.63) is 117 Å². The lowest BCUT2D eigenvalue weighted by Crippen LogP contribution is -2.43. The van der Waals surface area contributed by atoms with E-state index in [9.17, 15) is 22.8 Å². The van der Waals surface area contributed by atoms with Gasteiger partial charge in [0.1, 0.15) is 5.75 Å². The summed E-state index contributed by atoms with van der Waals surface area (Å²) in [6, 6.07) is 20.7. The maximum atomic E-state index is 13.4. The quantitative estimate of drug-likeness (QED) is 0.390. The number of nitrogens with one attached hydrogen (secondary N) is 1. The van der Waals surface area contributed by atoms with Crippen LogP contribution in [0.4, 0.5) is 24.8 Å². The molecule has 0 aliphatic heterocycles. The van der Waals surface area contributed by atoms with E-state index in [0.717, 1.165) is 27.8 Å². The number of hydrogen-bond acceptors (Lipinski definition) is 5. The Labute approximate surface area is 204 Å². The van der Waals surface area contributed by atoms with Crippen LogP contribution in [0, 0.1) is 0 Å². The average Bonchev–Trinajstić information content (AvgIpc) is 2.87. The molecule has 0 spiro atoms. The second-order valence-electron chi connectivity index (χ2n) is 8.03. The largest absolute Gasteiger partial charge is 0.497 e. The fourth-order valence-corrected chi connectivity index (χ4v) is 3.66. The number of nitrogens with zero attached hydrogens (tertiary/aromatic N) is 3. The summed E-state index contributed by atoms with van der Waals surface area (Å²) in [4.78, 5) is 30.2. The van der Waals surface area contributed by atoms with Crippen LogP contribution in [0.3, 0.4) is 0 Å². The standard InChI is InChI=1S/C26H23F3N4O3/c1-36-22-12-10-18(11-13-22)14-15-32-23(30-21-9-5-8-20(16-21)26(27,28)29)31-24(34)33(25(32)35)17-19-6-3-2-4-7-19/h2-13,16H,14-15,17H2,1H3,(H,30,31,34). The number of rotatable bonds is 8. The van der Waals surface area contributed by atoms with Crippen molar-refractivity contribution in [2.24, 2.45) is 0 Å². The summed E-state index contributed by atoms with van der Waals surface area (Å²) in [7, 11) is 1.56. The zero-order chi connectivity index (χ0) is 25.7. The van der Waals surface area contributed by atoms with E-state index in [2.05, 4.69) is 10.3 Å². The van der Waals surface area contributed by atoms with Crippen LogP contribution >= 0.6 is 0 Å². The van der Waals surface area contributed by atoms with E-state index in [0.29, 0.717) is 12.2 Å². The van der Waals surface area contributed by atoms with Crippen LogP contribution in [0.5, 0.6) is 5.75 Å². The topological polar surface area (TPSA) is 78.2 Å². The van der Waals surface area contributed by atoms with Crippen LogP contribution in [0.1, 0.15) is 16.7 Å². The van der Waals surface area contributed by atoms with Crippen LogP contribution in [0.2, 0.25) is 0 Å². The van der Waals surface area contributed by atoms with Crippen LogP contribution in [-0.2, 0) is 25.7 Å².